The smallest absolute Gasteiger partial charge is 0.0486 e. The molecule has 1 N–H and O–H groups in total. The number of hydrogen-bond acceptors (Lipinski definition) is 1. The Bertz CT molecular complexity index is 567. The molecule has 1 nitrogen and oxygen atoms in total. The molecule has 0 amide bonds. The van der Waals surface area contributed by atoms with Gasteiger partial charge in [0.2, 0.25) is 0 Å². The van der Waals surface area contributed by atoms with E-state index in [1.807, 2.05) is 6.07 Å². The highest BCUT2D eigenvalue weighted by atomic mass is 79.9. The predicted octanol–water partition coefficient (Wildman–Crippen LogP) is 5.92. The van der Waals surface area contributed by atoms with Crippen molar-refractivity contribution in [3.63, 3.8) is 0 Å². The first-order chi connectivity index (χ1) is 9.36. The monoisotopic (exact) mass is 331 g/mol. The molecule has 106 valence electrons. The first-order valence-electron chi connectivity index (χ1n) is 6.99. The molecule has 0 aromatic heterocycles. The molecule has 0 bridgehead atoms. The Morgan fingerprint density at radius 1 is 1.00 bits per heavy atom. The molecule has 0 aliphatic rings. The standard InChI is InChI=1S/C18H22BrN/c1-13(14-6-5-7-16(19)12-14)20-17-10-8-15(9-11-17)18(2,3)4/h5-13,20H,1-4H3. The summed E-state index contributed by atoms with van der Waals surface area (Å²) in [6, 6.07) is 17.4. The van der Waals surface area contributed by atoms with Gasteiger partial charge in [0.1, 0.15) is 0 Å². The average Bonchev–Trinajstić information content (AvgIpc) is 2.38. The van der Waals surface area contributed by atoms with Crippen molar-refractivity contribution < 1.29 is 0 Å². The zero-order valence-corrected chi connectivity index (χ0v) is 14.2. The maximum atomic E-state index is 3.54. The van der Waals surface area contributed by atoms with Crippen molar-refractivity contribution in [1.29, 1.82) is 0 Å². The Morgan fingerprint density at radius 3 is 2.20 bits per heavy atom. The largest absolute Gasteiger partial charge is 0.379 e. The summed E-state index contributed by atoms with van der Waals surface area (Å²) in [6.07, 6.45) is 0. The third kappa shape index (κ3) is 3.86. The highest BCUT2D eigenvalue weighted by molar-refractivity contribution is 9.10. The highest BCUT2D eigenvalue weighted by Gasteiger charge is 2.13. The average molecular weight is 332 g/mol. The van der Waals surface area contributed by atoms with Gasteiger partial charge in [-0.2, -0.15) is 0 Å². The molecular formula is C18H22BrN. The predicted molar refractivity (Wildman–Crippen MR) is 91.3 cm³/mol. The van der Waals surface area contributed by atoms with Gasteiger partial charge in [0.05, 0.1) is 0 Å². The van der Waals surface area contributed by atoms with Crippen molar-refractivity contribution in [1.82, 2.24) is 0 Å². The zero-order valence-electron chi connectivity index (χ0n) is 12.6. The van der Waals surface area contributed by atoms with Crippen LogP contribution < -0.4 is 5.32 Å². The molecule has 1 atom stereocenters. The van der Waals surface area contributed by atoms with E-state index in [4.69, 9.17) is 0 Å². The van der Waals surface area contributed by atoms with Crippen LogP contribution in [-0.2, 0) is 5.41 Å². The highest BCUT2D eigenvalue weighted by Crippen LogP contribution is 2.26. The Balaban J connectivity index is 2.10. The van der Waals surface area contributed by atoms with Crippen LogP contribution in [0.25, 0.3) is 0 Å². The van der Waals surface area contributed by atoms with Crippen molar-refractivity contribution in [2.75, 3.05) is 5.32 Å². The molecule has 0 saturated heterocycles. The molecule has 0 heterocycles. The van der Waals surface area contributed by atoms with Crippen LogP contribution >= 0.6 is 15.9 Å². The Hall–Kier alpha value is -1.28. The molecular weight excluding hydrogens is 310 g/mol. The van der Waals surface area contributed by atoms with Crippen molar-refractivity contribution in [3.05, 3.63) is 64.1 Å². The van der Waals surface area contributed by atoms with Crippen molar-refractivity contribution in [2.24, 2.45) is 0 Å². The van der Waals surface area contributed by atoms with Crippen LogP contribution in [0.3, 0.4) is 0 Å². The number of benzene rings is 2. The van der Waals surface area contributed by atoms with E-state index < -0.39 is 0 Å². The summed E-state index contributed by atoms with van der Waals surface area (Å²) in [5, 5.41) is 3.54. The lowest BCUT2D eigenvalue weighted by Gasteiger charge is -2.20. The van der Waals surface area contributed by atoms with Crippen molar-refractivity contribution in [3.8, 4) is 0 Å². The van der Waals surface area contributed by atoms with E-state index >= 15 is 0 Å². The van der Waals surface area contributed by atoms with Gasteiger partial charge in [-0.15, -0.1) is 0 Å². The van der Waals surface area contributed by atoms with Gasteiger partial charge >= 0.3 is 0 Å². The minimum atomic E-state index is 0.203. The van der Waals surface area contributed by atoms with Gasteiger partial charge in [-0.05, 0) is 47.7 Å². The van der Waals surface area contributed by atoms with E-state index in [1.165, 1.54) is 11.1 Å². The Morgan fingerprint density at radius 2 is 1.65 bits per heavy atom. The normalized spacial score (nSPS) is 13.1. The minimum Gasteiger partial charge on any atom is -0.379 e. The van der Waals surface area contributed by atoms with Crippen LogP contribution in [0, 0.1) is 0 Å². The van der Waals surface area contributed by atoms with Crippen LogP contribution in [0.1, 0.15) is 44.9 Å². The van der Waals surface area contributed by atoms with Crippen molar-refractivity contribution >= 4 is 21.6 Å². The van der Waals surface area contributed by atoms with Crippen LogP contribution in [0.2, 0.25) is 0 Å². The Kier molecular flexibility index (Phi) is 4.54. The first kappa shape index (κ1) is 15.1. The van der Waals surface area contributed by atoms with Crippen LogP contribution in [0.5, 0.6) is 0 Å². The van der Waals surface area contributed by atoms with E-state index in [1.54, 1.807) is 0 Å². The van der Waals surface area contributed by atoms with Crippen LogP contribution in [0.15, 0.2) is 53.0 Å². The van der Waals surface area contributed by atoms with Crippen LogP contribution in [0.4, 0.5) is 5.69 Å². The number of anilines is 1. The van der Waals surface area contributed by atoms with Gasteiger partial charge in [0.15, 0.2) is 0 Å². The Labute approximate surface area is 130 Å². The summed E-state index contributed by atoms with van der Waals surface area (Å²) in [5.74, 6) is 0. The molecule has 2 aromatic carbocycles. The van der Waals surface area contributed by atoms with E-state index in [9.17, 15) is 0 Å². The van der Waals surface area contributed by atoms with E-state index in [0.717, 1.165) is 10.2 Å². The van der Waals surface area contributed by atoms with E-state index in [0.29, 0.717) is 0 Å². The van der Waals surface area contributed by atoms with Gasteiger partial charge in [0.25, 0.3) is 0 Å². The lowest BCUT2D eigenvalue weighted by atomic mass is 9.87. The molecule has 0 radical (unpaired) electrons. The van der Waals surface area contributed by atoms with Crippen LogP contribution in [-0.4, -0.2) is 0 Å². The number of halogens is 1. The lowest BCUT2D eigenvalue weighted by molar-refractivity contribution is 0.590. The maximum absolute atomic E-state index is 3.54. The van der Waals surface area contributed by atoms with Gasteiger partial charge < -0.3 is 5.32 Å². The quantitative estimate of drug-likeness (QED) is 0.736. The third-order valence-corrected chi connectivity index (χ3v) is 3.98. The summed E-state index contributed by atoms with van der Waals surface area (Å²) in [6.45, 7) is 8.89. The second-order valence-electron chi connectivity index (χ2n) is 6.25. The van der Waals surface area contributed by atoms with Crippen molar-refractivity contribution in [2.45, 2.75) is 39.2 Å². The number of nitrogens with one attached hydrogen (secondary N) is 1. The molecule has 1 unspecified atom stereocenters. The summed E-state index contributed by atoms with van der Waals surface area (Å²) < 4.78 is 1.12. The minimum absolute atomic E-state index is 0.203. The van der Waals surface area contributed by atoms with Gasteiger partial charge in [0, 0.05) is 16.2 Å². The second kappa shape index (κ2) is 6.01. The summed E-state index contributed by atoms with van der Waals surface area (Å²) in [5.41, 5.74) is 4.00. The molecule has 0 saturated carbocycles. The zero-order chi connectivity index (χ0) is 14.8. The topological polar surface area (TPSA) is 12.0 Å². The fourth-order valence-electron chi connectivity index (χ4n) is 2.18. The lowest BCUT2D eigenvalue weighted by Crippen LogP contribution is -2.11. The molecule has 0 aliphatic carbocycles. The summed E-state index contributed by atoms with van der Waals surface area (Å²) in [7, 11) is 0. The number of rotatable bonds is 3. The SMILES string of the molecule is CC(Nc1ccc(C(C)(C)C)cc1)c1cccc(Br)c1. The molecule has 2 aromatic rings. The van der Waals surface area contributed by atoms with E-state index in [-0.39, 0.29) is 11.5 Å². The molecule has 2 heteroatoms. The fraction of sp³-hybridized carbons (Fsp3) is 0.333. The summed E-state index contributed by atoms with van der Waals surface area (Å²) in [4.78, 5) is 0. The maximum Gasteiger partial charge on any atom is 0.0486 e. The van der Waals surface area contributed by atoms with Gasteiger partial charge in [-0.25, -0.2) is 0 Å². The number of hydrogen-bond donors (Lipinski definition) is 1. The molecule has 20 heavy (non-hydrogen) atoms. The first-order valence-corrected chi connectivity index (χ1v) is 7.78. The molecule has 0 spiro atoms. The van der Waals surface area contributed by atoms with E-state index in [2.05, 4.69) is 91.4 Å². The molecule has 0 aliphatic heterocycles. The second-order valence-corrected chi connectivity index (χ2v) is 7.16. The van der Waals surface area contributed by atoms with Gasteiger partial charge in [-0.3, -0.25) is 0 Å². The third-order valence-electron chi connectivity index (χ3n) is 3.48. The van der Waals surface area contributed by atoms with Gasteiger partial charge in [-0.1, -0.05) is 61.0 Å². The molecule has 2 rings (SSSR count). The summed E-state index contributed by atoms with van der Waals surface area (Å²) >= 11 is 3.52. The molecule has 0 fully saturated rings. The fourth-order valence-corrected chi connectivity index (χ4v) is 2.59.